The van der Waals surface area contributed by atoms with Gasteiger partial charge in [-0.25, -0.2) is 0 Å². The van der Waals surface area contributed by atoms with E-state index in [1.54, 1.807) is 11.8 Å². The SMILES string of the molecule is CB1OCc2ccc(-n3cc(SCCC#N)c4cc(Cl)ccc43)cc21. The Kier molecular flexibility index (Phi) is 4.51. The highest BCUT2D eigenvalue weighted by molar-refractivity contribution is 7.99. The second-order valence-electron chi connectivity index (χ2n) is 6.12. The van der Waals surface area contributed by atoms with E-state index in [9.17, 15) is 0 Å². The molecule has 0 atom stereocenters. The molecule has 1 aliphatic heterocycles. The molecule has 0 bridgehead atoms. The maximum atomic E-state index is 8.80. The lowest BCUT2D eigenvalue weighted by Gasteiger charge is -2.08. The van der Waals surface area contributed by atoms with Crippen LogP contribution >= 0.6 is 23.4 Å². The maximum absolute atomic E-state index is 8.80. The molecule has 0 saturated carbocycles. The van der Waals surface area contributed by atoms with Gasteiger partial charge in [0.2, 0.25) is 0 Å². The fraction of sp³-hybridized carbons (Fsp3) is 0.211. The molecule has 1 aromatic heterocycles. The predicted molar refractivity (Wildman–Crippen MR) is 105 cm³/mol. The van der Waals surface area contributed by atoms with Crippen molar-refractivity contribution >= 4 is 46.6 Å². The van der Waals surface area contributed by atoms with E-state index >= 15 is 0 Å². The van der Waals surface area contributed by atoms with Gasteiger partial charge in [-0.3, -0.25) is 0 Å². The van der Waals surface area contributed by atoms with Gasteiger partial charge < -0.3 is 9.22 Å². The number of benzene rings is 2. The highest BCUT2D eigenvalue weighted by atomic mass is 35.5. The molecule has 25 heavy (non-hydrogen) atoms. The molecule has 1 aliphatic rings. The Bertz CT molecular complexity index is 995. The minimum Gasteiger partial charge on any atom is -0.427 e. The Morgan fingerprint density at radius 2 is 2.20 bits per heavy atom. The molecule has 2 aromatic carbocycles. The quantitative estimate of drug-likeness (QED) is 0.383. The number of rotatable bonds is 4. The van der Waals surface area contributed by atoms with Gasteiger partial charge in [-0.2, -0.15) is 5.26 Å². The third-order valence-corrected chi connectivity index (χ3v) is 5.82. The van der Waals surface area contributed by atoms with Crippen molar-refractivity contribution in [1.29, 1.82) is 5.26 Å². The second kappa shape index (κ2) is 6.80. The average Bonchev–Trinajstić information content (AvgIpc) is 3.16. The maximum Gasteiger partial charge on any atom is 0.324 e. The molecule has 0 saturated heterocycles. The van der Waals surface area contributed by atoms with Crippen molar-refractivity contribution in [3.8, 4) is 11.8 Å². The fourth-order valence-corrected chi connectivity index (χ4v) is 4.34. The van der Waals surface area contributed by atoms with Gasteiger partial charge in [-0.1, -0.05) is 24.5 Å². The second-order valence-corrected chi connectivity index (χ2v) is 7.69. The summed E-state index contributed by atoms with van der Waals surface area (Å²) in [6, 6.07) is 14.7. The zero-order chi connectivity index (χ0) is 17.4. The summed E-state index contributed by atoms with van der Waals surface area (Å²) in [5, 5.41) is 10.6. The number of hydrogen-bond donors (Lipinski definition) is 0. The first-order valence-corrected chi connectivity index (χ1v) is 9.59. The Hall–Kier alpha value is -1.87. The molecule has 4 rings (SSSR count). The number of aromatic nitrogens is 1. The molecule has 0 aliphatic carbocycles. The number of fused-ring (bicyclic) bond motifs is 2. The van der Waals surface area contributed by atoms with E-state index in [0.717, 1.165) is 32.3 Å². The first-order chi connectivity index (χ1) is 12.2. The molecule has 0 spiro atoms. The van der Waals surface area contributed by atoms with E-state index < -0.39 is 0 Å². The smallest absolute Gasteiger partial charge is 0.324 e. The van der Waals surface area contributed by atoms with Crippen molar-refractivity contribution in [1.82, 2.24) is 4.57 Å². The first-order valence-electron chi connectivity index (χ1n) is 8.22. The molecule has 3 nitrogen and oxygen atoms in total. The summed E-state index contributed by atoms with van der Waals surface area (Å²) < 4.78 is 7.93. The van der Waals surface area contributed by atoms with Crippen LogP contribution in [0.1, 0.15) is 12.0 Å². The molecule has 0 fully saturated rings. The molecule has 0 unspecified atom stereocenters. The zero-order valence-electron chi connectivity index (χ0n) is 13.8. The van der Waals surface area contributed by atoms with Crippen LogP contribution in [-0.2, 0) is 11.3 Å². The Balaban J connectivity index is 1.82. The number of hydrogen-bond acceptors (Lipinski definition) is 3. The first kappa shape index (κ1) is 16.6. The molecule has 3 aromatic rings. The lowest BCUT2D eigenvalue weighted by molar-refractivity contribution is 0.333. The van der Waals surface area contributed by atoms with Gasteiger partial charge >= 0.3 is 6.92 Å². The van der Waals surface area contributed by atoms with Crippen LogP contribution in [0, 0.1) is 11.3 Å². The zero-order valence-corrected chi connectivity index (χ0v) is 15.4. The summed E-state index contributed by atoms with van der Waals surface area (Å²) in [5.41, 5.74) is 4.76. The molecule has 2 heterocycles. The largest absolute Gasteiger partial charge is 0.427 e. The van der Waals surface area contributed by atoms with Gasteiger partial charge in [0.15, 0.2) is 0 Å². The van der Waals surface area contributed by atoms with Gasteiger partial charge in [0, 0.05) is 39.4 Å². The number of halogens is 1. The van der Waals surface area contributed by atoms with Gasteiger partial charge in [0.05, 0.1) is 18.2 Å². The Labute approximate surface area is 156 Å². The summed E-state index contributed by atoms with van der Waals surface area (Å²) in [5.74, 6) is 0.775. The third kappa shape index (κ3) is 3.06. The van der Waals surface area contributed by atoms with Crippen LogP contribution in [-0.4, -0.2) is 17.2 Å². The normalized spacial score (nSPS) is 13.2. The van der Waals surface area contributed by atoms with E-state index in [1.807, 2.05) is 12.1 Å². The van der Waals surface area contributed by atoms with E-state index in [1.165, 1.54) is 11.0 Å². The van der Waals surface area contributed by atoms with Crippen LogP contribution in [0.4, 0.5) is 0 Å². The van der Waals surface area contributed by atoms with Crippen molar-refractivity contribution in [3.05, 3.63) is 53.2 Å². The highest BCUT2D eigenvalue weighted by Crippen LogP contribution is 2.34. The van der Waals surface area contributed by atoms with Crippen LogP contribution in [0.2, 0.25) is 11.8 Å². The monoisotopic (exact) mass is 366 g/mol. The van der Waals surface area contributed by atoms with Gasteiger partial charge in [0.25, 0.3) is 0 Å². The Morgan fingerprint density at radius 1 is 1.32 bits per heavy atom. The van der Waals surface area contributed by atoms with Crippen LogP contribution in [0.3, 0.4) is 0 Å². The summed E-state index contributed by atoms with van der Waals surface area (Å²) in [4.78, 5) is 1.15. The minimum absolute atomic E-state index is 0.135. The van der Waals surface area contributed by atoms with E-state index in [2.05, 4.69) is 47.9 Å². The lowest BCUT2D eigenvalue weighted by Crippen LogP contribution is -2.24. The van der Waals surface area contributed by atoms with Crippen LogP contribution in [0.25, 0.3) is 16.6 Å². The molecular formula is C19H16BClN2OS. The summed E-state index contributed by atoms with van der Waals surface area (Å²) in [6.07, 6.45) is 2.68. The van der Waals surface area contributed by atoms with E-state index in [4.69, 9.17) is 21.5 Å². The highest BCUT2D eigenvalue weighted by Gasteiger charge is 2.24. The summed E-state index contributed by atoms with van der Waals surface area (Å²) >= 11 is 7.91. The van der Waals surface area contributed by atoms with E-state index in [0.29, 0.717) is 13.0 Å². The average molecular weight is 367 g/mol. The van der Waals surface area contributed by atoms with Crippen molar-refractivity contribution in [2.24, 2.45) is 0 Å². The van der Waals surface area contributed by atoms with Gasteiger partial charge in [-0.05, 0) is 41.4 Å². The van der Waals surface area contributed by atoms with Crippen LogP contribution in [0.15, 0.2) is 47.5 Å². The number of thioether (sulfide) groups is 1. The molecule has 124 valence electrons. The molecule has 6 heteroatoms. The summed E-state index contributed by atoms with van der Waals surface area (Å²) in [6.45, 7) is 2.91. The van der Waals surface area contributed by atoms with E-state index in [-0.39, 0.29) is 6.92 Å². The fourth-order valence-electron chi connectivity index (χ4n) is 3.25. The van der Waals surface area contributed by atoms with Crippen LogP contribution < -0.4 is 5.46 Å². The molecular weight excluding hydrogens is 351 g/mol. The van der Waals surface area contributed by atoms with Crippen molar-refractivity contribution in [2.75, 3.05) is 5.75 Å². The van der Waals surface area contributed by atoms with Gasteiger partial charge in [0.1, 0.15) is 0 Å². The number of nitriles is 1. The predicted octanol–water partition coefficient (Wildman–Crippen LogP) is 4.65. The topological polar surface area (TPSA) is 38.0 Å². The van der Waals surface area contributed by atoms with Crippen LogP contribution in [0.5, 0.6) is 0 Å². The molecule has 0 N–H and O–H groups in total. The molecule has 0 amide bonds. The van der Waals surface area contributed by atoms with Gasteiger partial charge in [-0.15, -0.1) is 11.8 Å². The third-order valence-electron chi connectivity index (χ3n) is 4.54. The van der Waals surface area contributed by atoms with Crippen molar-refractivity contribution in [2.45, 2.75) is 24.7 Å². The standard InChI is InChI=1S/C19H16BClN2OS/c1-20-17-10-15(5-3-13(17)12-24-20)23-11-19(25-8-2-7-22)16-9-14(21)4-6-18(16)23/h3-6,9-11H,2,8,12H2,1H3. The Morgan fingerprint density at radius 3 is 3.04 bits per heavy atom. The van der Waals surface area contributed by atoms with Crippen molar-refractivity contribution < 1.29 is 4.65 Å². The minimum atomic E-state index is 0.135. The van der Waals surface area contributed by atoms with Crippen molar-refractivity contribution in [3.63, 3.8) is 0 Å². The lowest BCUT2D eigenvalue weighted by atomic mass is 9.64. The molecule has 0 radical (unpaired) electrons. The number of nitrogens with zero attached hydrogens (tertiary/aromatic N) is 2. The summed E-state index contributed by atoms with van der Waals surface area (Å²) in [7, 11) is 0.